The summed E-state index contributed by atoms with van der Waals surface area (Å²) in [6, 6.07) is 10.1. The third-order valence-corrected chi connectivity index (χ3v) is 8.31. The number of carbonyl (C=O) groups is 1. The normalized spacial score (nSPS) is 27.9. The summed E-state index contributed by atoms with van der Waals surface area (Å²) in [7, 11) is 0. The number of carbonyl (C=O) groups excluding carboxylic acids is 1. The molecule has 1 unspecified atom stereocenters. The lowest BCUT2D eigenvalue weighted by molar-refractivity contribution is -0.130. The zero-order valence-electron chi connectivity index (χ0n) is 20.0. The summed E-state index contributed by atoms with van der Waals surface area (Å²) in [5.41, 5.74) is 3.30. The van der Waals surface area contributed by atoms with E-state index in [1.54, 1.807) is 5.56 Å². The number of hydrogen-bond acceptors (Lipinski definition) is 4. The Morgan fingerprint density at radius 1 is 0.839 bits per heavy atom. The molecule has 2 N–H and O–H groups in total. The van der Waals surface area contributed by atoms with Crippen LogP contribution < -0.4 is 10.6 Å². The van der Waals surface area contributed by atoms with Crippen molar-refractivity contribution in [3.05, 3.63) is 29.8 Å². The van der Waals surface area contributed by atoms with E-state index in [4.69, 9.17) is 0 Å². The lowest BCUT2D eigenvalue weighted by Gasteiger charge is -2.41. The molecule has 172 valence electrons. The van der Waals surface area contributed by atoms with E-state index in [1.807, 2.05) is 0 Å². The predicted molar refractivity (Wildman–Crippen MR) is 129 cm³/mol. The quantitative estimate of drug-likeness (QED) is 0.754. The monoisotopic (exact) mass is 426 g/mol. The lowest BCUT2D eigenvalue weighted by Crippen LogP contribution is -2.49. The average Bonchev–Trinajstić information content (AvgIpc) is 3.30. The minimum absolute atomic E-state index is 0.0392. The Morgan fingerprint density at radius 2 is 1.55 bits per heavy atom. The number of amides is 1. The van der Waals surface area contributed by atoms with E-state index in [0.717, 1.165) is 39.0 Å². The van der Waals surface area contributed by atoms with Crippen molar-refractivity contribution in [2.24, 2.45) is 5.41 Å². The number of nitrogens with one attached hydrogen (secondary N) is 2. The van der Waals surface area contributed by atoms with Crippen LogP contribution in [0.15, 0.2) is 24.3 Å². The van der Waals surface area contributed by atoms with E-state index in [-0.39, 0.29) is 5.41 Å². The molecular formula is C26H42N4O. The van der Waals surface area contributed by atoms with Crippen LogP contribution in [0.2, 0.25) is 0 Å². The van der Waals surface area contributed by atoms with Crippen LogP contribution in [0, 0.1) is 5.41 Å². The van der Waals surface area contributed by atoms with E-state index in [9.17, 15) is 4.79 Å². The Kier molecular flexibility index (Phi) is 6.64. The zero-order chi connectivity index (χ0) is 22.1. The second-order valence-corrected chi connectivity index (χ2v) is 10.8. The Balaban J connectivity index is 0.000000152. The molecule has 0 radical (unpaired) electrons. The molecule has 4 aliphatic heterocycles. The van der Waals surface area contributed by atoms with Crippen molar-refractivity contribution < 1.29 is 4.79 Å². The highest BCUT2D eigenvalue weighted by atomic mass is 16.2. The van der Waals surface area contributed by atoms with Crippen LogP contribution >= 0.6 is 0 Å². The van der Waals surface area contributed by atoms with E-state index < -0.39 is 0 Å². The predicted octanol–water partition coefficient (Wildman–Crippen LogP) is 3.85. The molecule has 0 saturated carbocycles. The van der Waals surface area contributed by atoms with E-state index >= 15 is 0 Å². The highest BCUT2D eigenvalue weighted by Gasteiger charge is 2.45. The zero-order valence-corrected chi connectivity index (χ0v) is 20.0. The number of rotatable bonds is 2. The van der Waals surface area contributed by atoms with E-state index in [1.165, 1.54) is 38.0 Å². The van der Waals surface area contributed by atoms with Gasteiger partial charge in [-0.2, -0.15) is 0 Å². The van der Waals surface area contributed by atoms with Crippen molar-refractivity contribution in [3.63, 3.8) is 0 Å². The molecule has 0 bridgehead atoms. The molecule has 4 heterocycles. The largest absolute Gasteiger partial charge is 0.384 e. The summed E-state index contributed by atoms with van der Waals surface area (Å²) < 4.78 is 0. The molecule has 3 fully saturated rings. The SMILES string of the molecule is CC(C)N1CCC2(CC1)CNc1ccccc12.CC(C)N1CCCC2(CCNC2=O)C1. The molecule has 0 aromatic heterocycles. The summed E-state index contributed by atoms with van der Waals surface area (Å²) in [4.78, 5) is 16.8. The van der Waals surface area contributed by atoms with Crippen molar-refractivity contribution in [1.29, 1.82) is 0 Å². The minimum atomic E-state index is -0.0392. The number of para-hydroxylation sites is 1. The van der Waals surface area contributed by atoms with Gasteiger partial charge in [0.2, 0.25) is 5.91 Å². The van der Waals surface area contributed by atoms with Crippen LogP contribution in [0.25, 0.3) is 0 Å². The van der Waals surface area contributed by atoms with Crippen molar-refractivity contribution in [1.82, 2.24) is 15.1 Å². The van der Waals surface area contributed by atoms with Gasteiger partial charge in [0.05, 0.1) is 5.41 Å². The average molecular weight is 427 g/mol. The van der Waals surface area contributed by atoms with Crippen LogP contribution in [0.1, 0.15) is 65.4 Å². The maximum atomic E-state index is 11.8. The Bertz CT molecular complexity index is 768. The molecule has 2 spiro atoms. The molecule has 5 heteroatoms. The lowest BCUT2D eigenvalue weighted by atomic mass is 9.74. The molecule has 0 aliphatic carbocycles. The molecule has 3 saturated heterocycles. The van der Waals surface area contributed by atoms with Gasteiger partial charge in [0.25, 0.3) is 0 Å². The van der Waals surface area contributed by atoms with E-state index in [0.29, 0.717) is 23.4 Å². The maximum absolute atomic E-state index is 11.8. The molecule has 1 aromatic rings. The second-order valence-electron chi connectivity index (χ2n) is 10.8. The molecule has 5 rings (SSSR count). The van der Waals surface area contributed by atoms with Gasteiger partial charge in [-0.1, -0.05) is 18.2 Å². The van der Waals surface area contributed by atoms with Gasteiger partial charge >= 0.3 is 0 Å². The maximum Gasteiger partial charge on any atom is 0.227 e. The Morgan fingerprint density at radius 3 is 2.19 bits per heavy atom. The number of anilines is 1. The van der Waals surface area contributed by atoms with Crippen LogP contribution in [-0.2, 0) is 10.2 Å². The first kappa shape index (κ1) is 22.6. The summed E-state index contributed by atoms with van der Waals surface area (Å²) >= 11 is 0. The van der Waals surface area contributed by atoms with Crippen molar-refractivity contribution in [2.45, 2.75) is 77.3 Å². The fourth-order valence-corrected chi connectivity index (χ4v) is 6.09. The summed E-state index contributed by atoms with van der Waals surface area (Å²) in [6.45, 7) is 15.7. The van der Waals surface area contributed by atoms with Gasteiger partial charge in [0, 0.05) is 42.8 Å². The molecule has 1 amide bonds. The molecule has 1 atom stereocenters. The summed E-state index contributed by atoms with van der Waals surface area (Å²) in [5.74, 6) is 0.294. The third-order valence-electron chi connectivity index (χ3n) is 8.31. The first-order valence-corrected chi connectivity index (χ1v) is 12.5. The van der Waals surface area contributed by atoms with Crippen LogP contribution in [0.4, 0.5) is 5.69 Å². The highest BCUT2D eigenvalue weighted by molar-refractivity contribution is 5.85. The first-order valence-electron chi connectivity index (χ1n) is 12.5. The fraction of sp³-hybridized carbons (Fsp3) is 0.731. The Labute approximate surface area is 188 Å². The fourth-order valence-electron chi connectivity index (χ4n) is 6.09. The van der Waals surface area contributed by atoms with Gasteiger partial charge < -0.3 is 15.5 Å². The Hall–Kier alpha value is -1.59. The van der Waals surface area contributed by atoms with E-state index in [2.05, 4.69) is 72.4 Å². The third kappa shape index (κ3) is 4.49. The molecule has 5 nitrogen and oxygen atoms in total. The van der Waals surface area contributed by atoms with Gasteiger partial charge in [0.1, 0.15) is 0 Å². The highest BCUT2D eigenvalue weighted by Crippen LogP contribution is 2.44. The topological polar surface area (TPSA) is 47.6 Å². The van der Waals surface area contributed by atoms with Crippen molar-refractivity contribution in [2.75, 3.05) is 44.6 Å². The number of likely N-dealkylation sites (tertiary alicyclic amines) is 2. The first-order chi connectivity index (χ1) is 14.9. The van der Waals surface area contributed by atoms with Crippen LogP contribution in [-0.4, -0.2) is 67.1 Å². The number of benzene rings is 1. The van der Waals surface area contributed by atoms with Crippen molar-refractivity contribution in [3.8, 4) is 0 Å². The second kappa shape index (κ2) is 9.11. The standard InChI is InChI=1S/C15H22N2.C11H20N2O/c1-12(2)17-9-7-15(8-10-17)11-16-14-6-4-3-5-13(14)15;1-9(2)13-7-3-4-11(8-13)5-6-12-10(11)14/h3-6,12,16H,7-11H2,1-2H3;9H,3-8H2,1-2H3,(H,12,14). The van der Waals surface area contributed by atoms with Crippen molar-refractivity contribution >= 4 is 11.6 Å². The van der Waals surface area contributed by atoms with Gasteiger partial charge in [-0.25, -0.2) is 0 Å². The molecule has 1 aromatic carbocycles. The minimum Gasteiger partial charge on any atom is -0.384 e. The number of fused-ring (bicyclic) bond motifs is 2. The number of piperidine rings is 2. The van der Waals surface area contributed by atoms with Gasteiger partial charge in [0.15, 0.2) is 0 Å². The van der Waals surface area contributed by atoms with Gasteiger partial charge in [-0.05, 0) is 91.1 Å². The molecule has 31 heavy (non-hydrogen) atoms. The number of nitrogens with zero attached hydrogens (tertiary/aromatic N) is 2. The molecule has 4 aliphatic rings. The summed E-state index contributed by atoms with van der Waals surface area (Å²) in [6.07, 6.45) is 5.90. The van der Waals surface area contributed by atoms with Gasteiger partial charge in [-0.15, -0.1) is 0 Å². The van der Waals surface area contributed by atoms with Crippen LogP contribution in [0.3, 0.4) is 0 Å². The smallest absolute Gasteiger partial charge is 0.227 e. The van der Waals surface area contributed by atoms with Crippen LogP contribution in [0.5, 0.6) is 0 Å². The summed E-state index contributed by atoms with van der Waals surface area (Å²) in [5, 5.41) is 6.56. The van der Waals surface area contributed by atoms with Gasteiger partial charge in [-0.3, -0.25) is 9.69 Å². The molecular weight excluding hydrogens is 384 g/mol. The number of hydrogen-bond donors (Lipinski definition) is 2.